The molecular weight excluding hydrogens is 228 g/mol. The first-order valence-electron chi connectivity index (χ1n) is 7.68. The van der Waals surface area contributed by atoms with Crippen molar-refractivity contribution in [3.8, 4) is 0 Å². The second-order valence-corrected chi connectivity index (χ2v) is 5.09. The van der Waals surface area contributed by atoms with Crippen molar-refractivity contribution in [2.45, 2.75) is 77.2 Å². The summed E-state index contributed by atoms with van der Waals surface area (Å²) in [6, 6.07) is 0. The Bertz CT molecular complexity index is 151. The molecule has 0 amide bonds. The van der Waals surface area contributed by atoms with Gasteiger partial charge in [0.05, 0.1) is 13.2 Å². The molecule has 3 nitrogen and oxygen atoms in total. The van der Waals surface area contributed by atoms with Gasteiger partial charge in [-0.2, -0.15) is 0 Å². The zero-order valence-electron chi connectivity index (χ0n) is 12.1. The lowest BCUT2D eigenvalue weighted by atomic mass is 10.1. The van der Waals surface area contributed by atoms with E-state index >= 15 is 0 Å². The minimum absolute atomic E-state index is 0.210. The van der Waals surface area contributed by atoms with Crippen LogP contribution in [0, 0.1) is 0 Å². The number of hydrogen-bond donors (Lipinski definition) is 2. The Morgan fingerprint density at radius 3 is 1.83 bits per heavy atom. The van der Waals surface area contributed by atoms with Crippen LogP contribution < -0.4 is 0 Å². The van der Waals surface area contributed by atoms with Gasteiger partial charge in [-0.05, 0) is 6.42 Å². The van der Waals surface area contributed by atoms with E-state index in [0.717, 1.165) is 6.42 Å². The summed E-state index contributed by atoms with van der Waals surface area (Å²) in [6.07, 6.45) is 12.5. The number of rotatable bonds is 14. The third-order valence-electron chi connectivity index (χ3n) is 3.16. The summed E-state index contributed by atoms with van der Waals surface area (Å²) >= 11 is 0. The SMILES string of the molecule is CCCCCCCCCCCCOC[C@H](O)CO. The fraction of sp³-hybridized carbons (Fsp3) is 1.00. The third kappa shape index (κ3) is 13.9. The Morgan fingerprint density at radius 1 is 0.833 bits per heavy atom. The number of aliphatic hydroxyl groups excluding tert-OH is 2. The maximum atomic E-state index is 9.04. The van der Waals surface area contributed by atoms with Crippen LogP contribution in [0.4, 0.5) is 0 Å². The maximum absolute atomic E-state index is 9.04. The van der Waals surface area contributed by atoms with E-state index in [1.165, 1.54) is 57.8 Å². The van der Waals surface area contributed by atoms with Gasteiger partial charge in [-0.1, -0.05) is 64.7 Å². The summed E-state index contributed by atoms with van der Waals surface area (Å²) in [5.41, 5.74) is 0. The molecular formula is C15H32O3. The summed E-state index contributed by atoms with van der Waals surface area (Å²) < 4.78 is 5.25. The lowest BCUT2D eigenvalue weighted by Crippen LogP contribution is -2.19. The van der Waals surface area contributed by atoms with E-state index in [0.29, 0.717) is 6.61 Å². The molecule has 0 aromatic carbocycles. The molecule has 0 saturated heterocycles. The van der Waals surface area contributed by atoms with Gasteiger partial charge in [0.25, 0.3) is 0 Å². The molecule has 0 aliphatic rings. The highest BCUT2D eigenvalue weighted by atomic mass is 16.5. The van der Waals surface area contributed by atoms with Crippen molar-refractivity contribution in [2.24, 2.45) is 0 Å². The molecule has 2 N–H and O–H groups in total. The van der Waals surface area contributed by atoms with Crippen LogP contribution in [0.3, 0.4) is 0 Å². The molecule has 0 aromatic rings. The molecule has 0 heterocycles. The maximum Gasteiger partial charge on any atom is 0.100 e. The zero-order valence-corrected chi connectivity index (χ0v) is 12.1. The van der Waals surface area contributed by atoms with Crippen molar-refractivity contribution in [1.82, 2.24) is 0 Å². The lowest BCUT2D eigenvalue weighted by molar-refractivity contribution is 0.00526. The summed E-state index contributed by atoms with van der Waals surface area (Å²) in [5.74, 6) is 0. The molecule has 1 atom stereocenters. The van der Waals surface area contributed by atoms with E-state index in [1.807, 2.05) is 0 Å². The molecule has 0 unspecified atom stereocenters. The predicted molar refractivity (Wildman–Crippen MR) is 75.8 cm³/mol. The van der Waals surface area contributed by atoms with Gasteiger partial charge in [0.15, 0.2) is 0 Å². The van der Waals surface area contributed by atoms with Crippen molar-refractivity contribution in [1.29, 1.82) is 0 Å². The van der Waals surface area contributed by atoms with Crippen molar-refractivity contribution < 1.29 is 14.9 Å². The van der Waals surface area contributed by atoms with Gasteiger partial charge in [0.2, 0.25) is 0 Å². The van der Waals surface area contributed by atoms with E-state index in [4.69, 9.17) is 14.9 Å². The first kappa shape index (κ1) is 17.9. The summed E-state index contributed by atoms with van der Waals surface area (Å²) in [5, 5.41) is 17.6. The Kier molecular flexibility index (Phi) is 14.8. The molecule has 0 radical (unpaired) electrons. The monoisotopic (exact) mass is 260 g/mol. The highest BCUT2D eigenvalue weighted by Crippen LogP contribution is 2.10. The lowest BCUT2D eigenvalue weighted by Gasteiger charge is -2.07. The molecule has 0 aliphatic heterocycles. The third-order valence-corrected chi connectivity index (χ3v) is 3.16. The minimum Gasteiger partial charge on any atom is -0.394 e. The average Bonchev–Trinajstić information content (AvgIpc) is 2.39. The zero-order chi connectivity index (χ0) is 13.5. The fourth-order valence-corrected chi connectivity index (χ4v) is 1.96. The molecule has 3 heteroatoms. The van der Waals surface area contributed by atoms with Gasteiger partial charge in [0.1, 0.15) is 6.10 Å². The van der Waals surface area contributed by atoms with Crippen LogP contribution in [0.1, 0.15) is 71.1 Å². The normalized spacial score (nSPS) is 12.8. The molecule has 0 spiro atoms. The molecule has 0 fully saturated rings. The van der Waals surface area contributed by atoms with Crippen LogP contribution in [0.2, 0.25) is 0 Å². The molecule has 0 bridgehead atoms. The van der Waals surface area contributed by atoms with Crippen LogP contribution in [0.5, 0.6) is 0 Å². The van der Waals surface area contributed by atoms with Crippen molar-refractivity contribution >= 4 is 0 Å². The highest BCUT2D eigenvalue weighted by Gasteiger charge is 2.00. The largest absolute Gasteiger partial charge is 0.394 e. The first-order valence-corrected chi connectivity index (χ1v) is 7.68. The van der Waals surface area contributed by atoms with Gasteiger partial charge in [-0.25, -0.2) is 0 Å². The molecule has 0 rings (SSSR count). The van der Waals surface area contributed by atoms with Gasteiger partial charge in [0, 0.05) is 6.61 Å². The summed E-state index contributed by atoms with van der Waals surface area (Å²) in [7, 11) is 0. The van der Waals surface area contributed by atoms with Crippen LogP contribution in [-0.2, 0) is 4.74 Å². The smallest absolute Gasteiger partial charge is 0.100 e. The van der Waals surface area contributed by atoms with E-state index in [9.17, 15) is 0 Å². The number of aliphatic hydroxyl groups is 2. The number of unbranched alkanes of at least 4 members (excludes halogenated alkanes) is 9. The van der Waals surface area contributed by atoms with Gasteiger partial charge < -0.3 is 14.9 Å². The van der Waals surface area contributed by atoms with Crippen molar-refractivity contribution in [3.63, 3.8) is 0 Å². The average molecular weight is 260 g/mol. The molecule has 18 heavy (non-hydrogen) atoms. The van der Waals surface area contributed by atoms with Crippen molar-refractivity contribution in [3.05, 3.63) is 0 Å². The van der Waals surface area contributed by atoms with Crippen LogP contribution in [-0.4, -0.2) is 36.1 Å². The fourth-order valence-electron chi connectivity index (χ4n) is 1.96. The van der Waals surface area contributed by atoms with Gasteiger partial charge in [-0.15, -0.1) is 0 Å². The van der Waals surface area contributed by atoms with Crippen LogP contribution >= 0.6 is 0 Å². The minimum atomic E-state index is -0.715. The predicted octanol–water partition coefficient (Wildman–Crippen LogP) is 3.28. The van der Waals surface area contributed by atoms with E-state index in [2.05, 4.69) is 6.92 Å². The Morgan fingerprint density at radius 2 is 1.33 bits per heavy atom. The Hall–Kier alpha value is -0.120. The number of hydrogen-bond acceptors (Lipinski definition) is 3. The number of ether oxygens (including phenoxy) is 1. The molecule has 0 saturated carbocycles. The molecule has 110 valence electrons. The molecule has 0 aliphatic carbocycles. The highest BCUT2D eigenvalue weighted by molar-refractivity contribution is 4.50. The van der Waals surface area contributed by atoms with E-state index < -0.39 is 6.10 Å². The second kappa shape index (κ2) is 14.9. The van der Waals surface area contributed by atoms with Gasteiger partial charge in [-0.3, -0.25) is 0 Å². The summed E-state index contributed by atoms with van der Waals surface area (Å²) in [4.78, 5) is 0. The van der Waals surface area contributed by atoms with Crippen LogP contribution in [0.25, 0.3) is 0 Å². The van der Waals surface area contributed by atoms with Crippen molar-refractivity contribution in [2.75, 3.05) is 19.8 Å². The summed E-state index contributed by atoms with van der Waals surface area (Å²) in [6.45, 7) is 3.00. The first-order chi connectivity index (χ1) is 8.81. The quantitative estimate of drug-likeness (QED) is 0.471. The second-order valence-electron chi connectivity index (χ2n) is 5.09. The standard InChI is InChI=1S/C15H32O3/c1-2-3-4-5-6-7-8-9-10-11-12-18-14-15(17)13-16/h15-17H,2-14H2,1H3/t15-/m1/s1. The van der Waals surface area contributed by atoms with E-state index in [-0.39, 0.29) is 13.2 Å². The van der Waals surface area contributed by atoms with Gasteiger partial charge >= 0.3 is 0 Å². The Labute approximate surface area is 113 Å². The van der Waals surface area contributed by atoms with E-state index in [1.54, 1.807) is 0 Å². The van der Waals surface area contributed by atoms with Crippen LogP contribution in [0.15, 0.2) is 0 Å². The molecule has 0 aromatic heterocycles. The Balaban J connectivity index is 2.94. The topological polar surface area (TPSA) is 49.7 Å².